The minimum absolute atomic E-state index is 0.0190. The maximum atomic E-state index is 12.2. The second-order valence-electron chi connectivity index (χ2n) is 6.33. The number of nitrogens with one attached hydrogen (secondary N) is 2. The summed E-state index contributed by atoms with van der Waals surface area (Å²) in [6.45, 7) is 3.55. The summed E-state index contributed by atoms with van der Waals surface area (Å²) < 4.78 is 5.30. The van der Waals surface area contributed by atoms with Crippen LogP contribution in [-0.2, 0) is 14.3 Å². The molecule has 2 atom stereocenters. The fourth-order valence-electron chi connectivity index (χ4n) is 3.73. The van der Waals surface area contributed by atoms with E-state index in [1.54, 1.807) is 0 Å². The molecule has 0 spiro atoms. The van der Waals surface area contributed by atoms with Crippen molar-refractivity contribution in [2.75, 3.05) is 32.8 Å². The predicted octanol–water partition coefficient (Wildman–Crippen LogP) is -0.118. The third-order valence-electron chi connectivity index (χ3n) is 4.92. The molecule has 3 heterocycles. The van der Waals surface area contributed by atoms with Crippen LogP contribution in [0.4, 0.5) is 0 Å². The van der Waals surface area contributed by atoms with Crippen molar-refractivity contribution in [1.82, 2.24) is 15.5 Å². The van der Waals surface area contributed by atoms with Crippen molar-refractivity contribution in [3.05, 3.63) is 0 Å². The van der Waals surface area contributed by atoms with Gasteiger partial charge in [-0.05, 0) is 44.7 Å². The number of hydrogen-bond donors (Lipinski definition) is 2. The Morgan fingerprint density at radius 2 is 2.10 bits per heavy atom. The number of carbonyl (C=O) groups is 2. The molecule has 0 radical (unpaired) electrons. The van der Waals surface area contributed by atoms with Crippen LogP contribution in [0.25, 0.3) is 0 Å². The van der Waals surface area contributed by atoms with E-state index in [0.29, 0.717) is 25.6 Å². The van der Waals surface area contributed by atoms with Crippen LogP contribution in [0.5, 0.6) is 0 Å². The number of nitrogens with zero attached hydrogens (tertiary/aromatic N) is 1. The topological polar surface area (TPSA) is 70.7 Å². The first-order valence-electron chi connectivity index (χ1n) is 8.11. The second kappa shape index (κ2) is 6.75. The van der Waals surface area contributed by atoms with Gasteiger partial charge in [-0.2, -0.15) is 0 Å². The lowest BCUT2D eigenvalue weighted by Gasteiger charge is -2.43. The highest BCUT2D eigenvalue weighted by Crippen LogP contribution is 2.28. The zero-order chi connectivity index (χ0) is 14.7. The van der Waals surface area contributed by atoms with Gasteiger partial charge in [0.1, 0.15) is 0 Å². The van der Waals surface area contributed by atoms with Gasteiger partial charge in [0.25, 0.3) is 0 Å². The Morgan fingerprint density at radius 3 is 2.90 bits per heavy atom. The number of hydrogen-bond acceptors (Lipinski definition) is 4. The zero-order valence-corrected chi connectivity index (χ0v) is 12.5. The predicted molar refractivity (Wildman–Crippen MR) is 77.7 cm³/mol. The molecule has 0 aliphatic carbocycles. The Hall–Kier alpha value is -1.14. The molecule has 3 aliphatic heterocycles. The lowest BCUT2D eigenvalue weighted by molar-refractivity contribution is -0.144. The SMILES string of the molecule is O=C(CN1C(=O)CCC2CNCCC21)NC1CCOCC1. The van der Waals surface area contributed by atoms with Crippen LogP contribution in [0.1, 0.15) is 32.1 Å². The molecule has 21 heavy (non-hydrogen) atoms. The smallest absolute Gasteiger partial charge is 0.239 e. The number of ether oxygens (including phenoxy) is 1. The van der Waals surface area contributed by atoms with Gasteiger partial charge in [-0.25, -0.2) is 0 Å². The molecule has 2 amide bonds. The average molecular weight is 295 g/mol. The Kier molecular flexibility index (Phi) is 4.75. The maximum Gasteiger partial charge on any atom is 0.239 e. The van der Waals surface area contributed by atoms with Gasteiger partial charge in [0, 0.05) is 31.7 Å². The third kappa shape index (κ3) is 3.55. The summed E-state index contributed by atoms with van der Waals surface area (Å²) in [5.74, 6) is 0.627. The normalized spacial score (nSPS) is 30.9. The van der Waals surface area contributed by atoms with Crippen molar-refractivity contribution < 1.29 is 14.3 Å². The number of likely N-dealkylation sites (tertiary alicyclic amines) is 1. The quantitative estimate of drug-likeness (QED) is 0.762. The number of fused-ring (bicyclic) bond motifs is 1. The summed E-state index contributed by atoms with van der Waals surface area (Å²) in [4.78, 5) is 26.2. The summed E-state index contributed by atoms with van der Waals surface area (Å²) in [5, 5.41) is 6.44. The summed E-state index contributed by atoms with van der Waals surface area (Å²) in [6.07, 6.45) is 4.23. The largest absolute Gasteiger partial charge is 0.381 e. The van der Waals surface area contributed by atoms with Crippen molar-refractivity contribution in [2.24, 2.45) is 5.92 Å². The second-order valence-corrected chi connectivity index (χ2v) is 6.33. The van der Waals surface area contributed by atoms with Gasteiger partial charge < -0.3 is 20.3 Å². The first-order valence-corrected chi connectivity index (χ1v) is 8.11. The van der Waals surface area contributed by atoms with Gasteiger partial charge in [0.15, 0.2) is 0 Å². The molecule has 3 rings (SSSR count). The minimum atomic E-state index is -0.0190. The molecular formula is C15H25N3O3. The molecule has 0 saturated carbocycles. The first-order chi connectivity index (χ1) is 10.2. The van der Waals surface area contributed by atoms with Gasteiger partial charge in [-0.3, -0.25) is 9.59 Å². The van der Waals surface area contributed by atoms with Crippen molar-refractivity contribution in [1.29, 1.82) is 0 Å². The average Bonchev–Trinajstić information content (AvgIpc) is 2.51. The molecule has 3 fully saturated rings. The van der Waals surface area contributed by atoms with Crippen LogP contribution < -0.4 is 10.6 Å². The molecule has 0 aromatic heterocycles. The fraction of sp³-hybridized carbons (Fsp3) is 0.867. The molecule has 0 aromatic rings. The number of carbonyl (C=O) groups excluding carboxylic acids is 2. The standard InChI is InChI=1S/C15H25N3O3/c19-14(17-12-4-7-21-8-5-12)10-18-13-3-6-16-9-11(13)1-2-15(18)20/h11-13,16H,1-10H2,(H,17,19). The first kappa shape index (κ1) is 14.8. The van der Waals surface area contributed by atoms with E-state index >= 15 is 0 Å². The molecule has 0 bridgehead atoms. The summed E-state index contributed by atoms with van der Waals surface area (Å²) >= 11 is 0. The molecular weight excluding hydrogens is 270 g/mol. The number of rotatable bonds is 3. The summed E-state index contributed by atoms with van der Waals surface area (Å²) in [5.41, 5.74) is 0. The minimum Gasteiger partial charge on any atom is -0.381 e. The van der Waals surface area contributed by atoms with Gasteiger partial charge in [0.05, 0.1) is 6.54 Å². The van der Waals surface area contributed by atoms with E-state index in [0.717, 1.165) is 38.8 Å². The molecule has 118 valence electrons. The molecule has 3 aliphatic rings. The van der Waals surface area contributed by atoms with E-state index in [1.807, 2.05) is 4.90 Å². The van der Waals surface area contributed by atoms with Gasteiger partial charge in [0.2, 0.25) is 11.8 Å². The Morgan fingerprint density at radius 1 is 1.29 bits per heavy atom. The van der Waals surface area contributed by atoms with Crippen LogP contribution in [0.3, 0.4) is 0 Å². The van der Waals surface area contributed by atoms with E-state index in [2.05, 4.69) is 10.6 Å². The van der Waals surface area contributed by atoms with Crippen molar-refractivity contribution in [3.63, 3.8) is 0 Å². The van der Waals surface area contributed by atoms with Crippen molar-refractivity contribution >= 4 is 11.8 Å². The Balaban J connectivity index is 1.56. The Bertz CT molecular complexity index is 396. The molecule has 6 heteroatoms. The van der Waals surface area contributed by atoms with Gasteiger partial charge in [-0.1, -0.05) is 0 Å². The van der Waals surface area contributed by atoms with E-state index in [9.17, 15) is 9.59 Å². The number of amides is 2. The Labute approximate surface area is 125 Å². The summed E-state index contributed by atoms with van der Waals surface area (Å²) in [7, 11) is 0. The number of piperidine rings is 2. The molecule has 2 N–H and O–H groups in total. The van der Waals surface area contributed by atoms with Gasteiger partial charge in [-0.15, -0.1) is 0 Å². The van der Waals surface area contributed by atoms with Crippen LogP contribution >= 0.6 is 0 Å². The van der Waals surface area contributed by atoms with Crippen molar-refractivity contribution in [2.45, 2.75) is 44.2 Å². The molecule has 3 saturated heterocycles. The lowest BCUT2D eigenvalue weighted by Crippen LogP contribution is -2.57. The monoisotopic (exact) mass is 295 g/mol. The van der Waals surface area contributed by atoms with Crippen LogP contribution in [0.15, 0.2) is 0 Å². The van der Waals surface area contributed by atoms with E-state index < -0.39 is 0 Å². The van der Waals surface area contributed by atoms with Crippen LogP contribution in [-0.4, -0.2) is 61.6 Å². The van der Waals surface area contributed by atoms with Crippen LogP contribution in [0, 0.1) is 5.92 Å². The van der Waals surface area contributed by atoms with Crippen molar-refractivity contribution in [3.8, 4) is 0 Å². The maximum absolute atomic E-state index is 12.2. The highest BCUT2D eigenvalue weighted by Gasteiger charge is 2.37. The van der Waals surface area contributed by atoms with E-state index in [-0.39, 0.29) is 30.4 Å². The van der Waals surface area contributed by atoms with Gasteiger partial charge >= 0.3 is 0 Å². The zero-order valence-electron chi connectivity index (χ0n) is 12.5. The van der Waals surface area contributed by atoms with Crippen LogP contribution in [0.2, 0.25) is 0 Å². The highest BCUT2D eigenvalue weighted by atomic mass is 16.5. The summed E-state index contributed by atoms with van der Waals surface area (Å²) in [6, 6.07) is 0.447. The van der Waals surface area contributed by atoms with E-state index in [1.165, 1.54) is 0 Å². The fourth-order valence-corrected chi connectivity index (χ4v) is 3.73. The highest BCUT2D eigenvalue weighted by molar-refractivity contribution is 5.85. The lowest BCUT2D eigenvalue weighted by atomic mass is 9.84. The molecule has 2 unspecified atom stereocenters. The third-order valence-corrected chi connectivity index (χ3v) is 4.92. The van der Waals surface area contributed by atoms with E-state index in [4.69, 9.17) is 4.74 Å². The molecule has 6 nitrogen and oxygen atoms in total. The molecule has 0 aromatic carbocycles.